The predicted octanol–water partition coefficient (Wildman–Crippen LogP) is 2.51. The van der Waals surface area contributed by atoms with Crippen LogP contribution in [0.5, 0.6) is 0 Å². The molecule has 1 rings (SSSR count). The fraction of sp³-hybridized carbons (Fsp3) is 0.667. The first kappa shape index (κ1) is 9.68. The Balaban J connectivity index is 2.63. The van der Waals surface area contributed by atoms with Crippen LogP contribution in [0.25, 0.3) is 0 Å². The molecule has 68 valence electrons. The maximum Gasteiger partial charge on any atom is 0.110 e. The van der Waals surface area contributed by atoms with Gasteiger partial charge >= 0.3 is 0 Å². The maximum absolute atomic E-state index is 5.85. The molecular formula is C9H16N2S. The van der Waals surface area contributed by atoms with Gasteiger partial charge in [0.25, 0.3) is 0 Å². The Morgan fingerprint density at radius 1 is 1.58 bits per heavy atom. The van der Waals surface area contributed by atoms with E-state index in [0.29, 0.717) is 0 Å². The lowest BCUT2D eigenvalue weighted by Crippen LogP contribution is -2.08. The first-order valence-corrected chi connectivity index (χ1v) is 5.35. The Morgan fingerprint density at radius 3 is 2.92 bits per heavy atom. The molecule has 0 saturated heterocycles. The van der Waals surface area contributed by atoms with E-state index in [2.05, 4.69) is 24.2 Å². The second kappa shape index (κ2) is 4.58. The second-order valence-corrected chi connectivity index (χ2v) is 3.83. The van der Waals surface area contributed by atoms with Gasteiger partial charge in [0.05, 0.1) is 11.7 Å². The van der Waals surface area contributed by atoms with Gasteiger partial charge in [-0.1, -0.05) is 20.3 Å². The van der Waals surface area contributed by atoms with Gasteiger partial charge < -0.3 is 5.73 Å². The van der Waals surface area contributed by atoms with Gasteiger partial charge in [0, 0.05) is 5.38 Å². The molecule has 12 heavy (non-hydrogen) atoms. The molecule has 0 amide bonds. The first-order chi connectivity index (χ1) is 5.77. The van der Waals surface area contributed by atoms with E-state index in [0.717, 1.165) is 24.3 Å². The van der Waals surface area contributed by atoms with Crippen molar-refractivity contribution in [2.75, 3.05) is 0 Å². The van der Waals surface area contributed by atoms with Crippen LogP contribution in [0.15, 0.2) is 5.38 Å². The number of aryl methyl sites for hydroxylation is 1. The zero-order valence-corrected chi connectivity index (χ0v) is 8.53. The lowest BCUT2D eigenvalue weighted by molar-refractivity contribution is 0.687. The SMILES string of the molecule is CCCc1csc(C(N)CC)n1. The summed E-state index contributed by atoms with van der Waals surface area (Å²) < 4.78 is 0. The van der Waals surface area contributed by atoms with Crippen LogP contribution in [0, 0.1) is 0 Å². The zero-order chi connectivity index (χ0) is 8.97. The normalized spacial score (nSPS) is 13.2. The quantitative estimate of drug-likeness (QED) is 0.781. The third-order valence-electron chi connectivity index (χ3n) is 1.83. The third-order valence-corrected chi connectivity index (χ3v) is 2.86. The molecule has 2 N–H and O–H groups in total. The first-order valence-electron chi connectivity index (χ1n) is 4.47. The highest BCUT2D eigenvalue weighted by atomic mass is 32.1. The fourth-order valence-corrected chi connectivity index (χ4v) is 1.98. The molecule has 1 unspecified atom stereocenters. The summed E-state index contributed by atoms with van der Waals surface area (Å²) in [5.74, 6) is 0. The number of aromatic nitrogens is 1. The van der Waals surface area contributed by atoms with Crippen LogP contribution < -0.4 is 5.73 Å². The molecule has 1 aromatic rings. The summed E-state index contributed by atoms with van der Waals surface area (Å²) in [6, 6.07) is 0.139. The monoisotopic (exact) mass is 184 g/mol. The van der Waals surface area contributed by atoms with E-state index < -0.39 is 0 Å². The van der Waals surface area contributed by atoms with Gasteiger partial charge in [-0.05, 0) is 12.8 Å². The highest BCUT2D eigenvalue weighted by Gasteiger charge is 2.07. The van der Waals surface area contributed by atoms with Crippen molar-refractivity contribution < 1.29 is 0 Å². The summed E-state index contributed by atoms with van der Waals surface area (Å²) in [4.78, 5) is 4.46. The summed E-state index contributed by atoms with van der Waals surface area (Å²) in [7, 11) is 0. The van der Waals surface area contributed by atoms with Crippen molar-refractivity contribution in [2.24, 2.45) is 5.73 Å². The summed E-state index contributed by atoms with van der Waals surface area (Å²) in [6.07, 6.45) is 3.20. The zero-order valence-electron chi connectivity index (χ0n) is 7.71. The van der Waals surface area contributed by atoms with Crippen molar-refractivity contribution >= 4 is 11.3 Å². The van der Waals surface area contributed by atoms with Crippen molar-refractivity contribution in [1.82, 2.24) is 4.98 Å². The third kappa shape index (κ3) is 2.29. The van der Waals surface area contributed by atoms with E-state index in [4.69, 9.17) is 5.73 Å². The molecule has 0 aliphatic carbocycles. The fourth-order valence-electron chi connectivity index (χ4n) is 1.04. The summed E-state index contributed by atoms with van der Waals surface area (Å²) in [6.45, 7) is 4.25. The van der Waals surface area contributed by atoms with Gasteiger partial charge in [-0.2, -0.15) is 0 Å². The molecule has 2 nitrogen and oxygen atoms in total. The Hall–Kier alpha value is -0.410. The predicted molar refractivity (Wildman–Crippen MR) is 53.3 cm³/mol. The molecule has 0 aromatic carbocycles. The molecule has 0 fully saturated rings. The molecule has 0 bridgehead atoms. The van der Waals surface area contributed by atoms with Crippen molar-refractivity contribution in [3.05, 3.63) is 16.1 Å². The van der Waals surface area contributed by atoms with E-state index in [1.807, 2.05) is 0 Å². The molecule has 1 aromatic heterocycles. The highest BCUT2D eigenvalue weighted by Crippen LogP contribution is 2.19. The Morgan fingerprint density at radius 2 is 2.33 bits per heavy atom. The van der Waals surface area contributed by atoms with E-state index in [1.54, 1.807) is 11.3 Å². The van der Waals surface area contributed by atoms with E-state index in [1.165, 1.54) is 5.69 Å². The van der Waals surface area contributed by atoms with Gasteiger partial charge in [-0.3, -0.25) is 0 Å². The van der Waals surface area contributed by atoms with Crippen LogP contribution in [0.1, 0.15) is 43.4 Å². The summed E-state index contributed by atoms with van der Waals surface area (Å²) in [5.41, 5.74) is 7.05. The molecule has 0 aliphatic heterocycles. The van der Waals surface area contributed by atoms with Crippen LogP contribution in [-0.2, 0) is 6.42 Å². The maximum atomic E-state index is 5.85. The van der Waals surface area contributed by atoms with E-state index in [-0.39, 0.29) is 6.04 Å². The van der Waals surface area contributed by atoms with Crippen LogP contribution in [-0.4, -0.2) is 4.98 Å². The number of nitrogens with zero attached hydrogens (tertiary/aromatic N) is 1. The Kier molecular flexibility index (Phi) is 3.69. The van der Waals surface area contributed by atoms with Gasteiger partial charge in [-0.15, -0.1) is 11.3 Å². The number of thiazole rings is 1. The lowest BCUT2D eigenvalue weighted by atomic mass is 10.2. The number of hydrogen-bond donors (Lipinski definition) is 1. The van der Waals surface area contributed by atoms with Crippen LogP contribution in [0.2, 0.25) is 0 Å². The van der Waals surface area contributed by atoms with Gasteiger partial charge in [0.15, 0.2) is 0 Å². The minimum Gasteiger partial charge on any atom is -0.322 e. The van der Waals surface area contributed by atoms with Gasteiger partial charge in [-0.25, -0.2) is 4.98 Å². The molecule has 0 aliphatic rings. The molecule has 3 heteroatoms. The molecule has 0 saturated carbocycles. The minimum absolute atomic E-state index is 0.139. The van der Waals surface area contributed by atoms with Crippen LogP contribution in [0.4, 0.5) is 0 Å². The minimum atomic E-state index is 0.139. The number of nitrogens with two attached hydrogens (primary N) is 1. The van der Waals surface area contributed by atoms with Crippen molar-refractivity contribution in [1.29, 1.82) is 0 Å². The highest BCUT2D eigenvalue weighted by molar-refractivity contribution is 7.09. The average molecular weight is 184 g/mol. The molecule has 1 atom stereocenters. The molecule has 0 spiro atoms. The molecular weight excluding hydrogens is 168 g/mol. The van der Waals surface area contributed by atoms with Crippen molar-refractivity contribution in [3.63, 3.8) is 0 Å². The second-order valence-electron chi connectivity index (χ2n) is 2.94. The van der Waals surface area contributed by atoms with Crippen molar-refractivity contribution in [2.45, 2.75) is 39.2 Å². The van der Waals surface area contributed by atoms with Crippen LogP contribution >= 0.6 is 11.3 Å². The number of hydrogen-bond acceptors (Lipinski definition) is 3. The summed E-state index contributed by atoms with van der Waals surface area (Å²) in [5, 5.41) is 3.20. The topological polar surface area (TPSA) is 38.9 Å². The molecule has 1 heterocycles. The van der Waals surface area contributed by atoms with Gasteiger partial charge in [0.2, 0.25) is 0 Å². The smallest absolute Gasteiger partial charge is 0.110 e. The Labute approximate surface area is 77.8 Å². The van der Waals surface area contributed by atoms with Crippen LogP contribution in [0.3, 0.4) is 0 Å². The van der Waals surface area contributed by atoms with E-state index >= 15 is 0 Å². The average Bonchev–Trinajstić information content (AvgIpc) is 2.52. The van der Waals surface area contributed by atoms with Gasteiger partial charge in [0.1, 0.15) is 5.01 Å². The molecule has 0 radical (unpaired) electrons. The Bertz CT molecular complexity index is 232. The largest absolute Gasteiger partial charge is 0.322 e. The van der Waals surface area contributed by atoms with E-state index in [9.17, 15) is 0 Å². The lowest BCUT2D eigenvalue weighted by Gasteiger charge is -2.02. The van der Waals surface area contributed by atoms with Crippen molar-refractivity contribution in [3.8, 4) is 0 Å². The standard InChI is InChI=1S/C9H16N2S/c1-3-5-7-6-12-9(11-7)8(10)4-2/h6,8H,3-5,10H2,1-2H3. The number of rotatable bonds is 4. The summed E-state index contributed by atoms with van der Waals surface area (Å²) >= 11 is 1.69.